The first-order chi connectivity index (χ1) is 19.9. The van der Waals surface area contributed by atoms with Gasteiger partial charge in [-0.05, 0) is 0 Å². The van der Waals surface area contributed by atoms with Crippen LogP contribution in [0.25, 0.3) is 5.57 Å². The number of hydrogen-bond donors (Lipinski definition) is 0. The summed E-state index contributed by atoms with van der Waals surface area (Å²) in [6, 6.07) is 26.4. The van der Waals surface area contributed by atoms with Gasteiger partial charge in [-0.25, -0.2) is 0 Å². The zero-order chi connectivity index (χ0) is 28.5. The van der Waals surface area contributed by atoms with Crippen LogP contribution in [0.3, 0.4) is 0 Å². The van der Waals surface area contributed by atoms with Crippen molar-refractivity contribution in [2.45, 2.75) is 13.0 Å². The van der Waals surface area contributed by atoms with Gasteiger partial charge in [-0.1, -0.05) is 0 Å². The minimum absolute atomic E-state index is 0.219. The van der Waals surface area contributed by atoms with Crippen molar-refractivity contribution in [2.75, 3.05) is 13.1 Å². The van der Waals surface area contributed by atoms with Gasteiger partial charge in [-0.3, -0.25) is 0 Å². The molecule has 41 heavy (non-hydrogen) atoms. The Morgan fingerprint density at radius 2 is 1.49 bits per heavy atom. The van der Waals surface area contributed by atoms with Gasteiger partial charge in [0.2, 0.25) is 0 Å². The van der Waals surface area contributed by atoms with Crippen molar-refractivity contribution in [1.29, 1.82) is 0 Å². The molecule has 2 amide bonds. The first-order valence-corrected chi connectivity index (χ1v) is 16.6. The van der Waals surface area contributed by atoms with Crippen molar-refractivity contribution < 1.29 is 25.9 Å². The van der Waals surface area contributed by atoms with Crippen molar-refractivity contribution in [3.8, 4) is 0 Å². The standard InChI is InChI=1S/C30H28N3O6PS/c1-2-22-40(24-12-6-3-7-13-24,25-14-8-4-9-15-25,26-16-10-5-11-17-26)39-41(35,36)38-33-28-23-32(30(33)34)20-18-27(28)29-31-19-21-37-29/h2-19,21-22,28H,20,23H2,1H3. The van der Waals surface area contributed by atoms with E-state index in [9.17, 15) is 13.2 Å². The maximum absolute atomic E-state index is 14.2. The first kappa shape index (κ1) is 27.1. The van der Waals surface area contributed by atoms with Gasteiger partial charge in [0.15, 0.2) is 0 Å². The van der Waals surface area contributed by atoms with E-state index in [1.54, 1.807) is 12.2 Å². The second-order valence-corrected chi connectivity index (χ2v) is 15.3. The molecule has 1 unspecified atom stereocenters. The van der Waals surface area contributed by atoms with Gasteiger partial charge >= 0.3 is 239 Å². The fraction of sp³-hybridized carbons (Fsp3) is 0.133. The van der Waals surface area contributed by atoms with Crippen LogP contribution in [0.5, 0.6) is 0 Å². The third-order valence-corrected chi connectivity index (χ3v) is 14.5. The summed E-state index contributed by atoms with van der Waals surface area (Å²) in [5, 5.41) is 2.80. The van der Waals surface area contributed by atoms with Gasteiger partial charge in [0, 0.05) is 0 Å². The summed E-state index contributed by atoms with van der Waals surface area (Å²) < 4.78 is 46.0. The van der Waals surface area contributed by atoms with E-state index in [-0.39, 0.29) is 13.1 Å². The van der Waals surface area contributed by atoms with Crippen LogP contribution < -0.4 is 15.9 Å². The molecule has 1 aromatic heterocycles. The zero-order valence-electron chi connectivity index (χ0n) is 22.2. The van der Waals surface area contributed by atoms with E-state index >= 15 is 0 Å². The molecule has 3 aromatic carbocycles. The number of rotatable bonds is 9. The molecule has 4 aromatic rings. The van der Waals surface area contributed by atoms with E-state index in [2.05, 4.69) is 4.98 Å². The SMILES string of the molecule is CC=CP(OS(=O)(=O)ON1C(=O)N2CC=C(c3ncco3)C1C2)(c1ccccc1)(c1ccccc1)c1ccccc1. The normalized spacial score (nSPS) is 18.4. The summed E-state index contributed by atoms with van der Waals surface area (Å²) in [7, 11) is -4.90. The van der Waals surface area contributed by atoms with Gasteiger partial charge in [0.05, 0.1) is 0 Å². The molecular weight excluding hydrogens is 561 g/mol. The summed E-state index contributed by atoms with van der Waals surface area (Å²) in [5.74, 6) is 2.13. The number of aromatic nitrogens is 1. The van der Waals surface area contributed by atoms with Crippen molar-refractivity contribution >= 4 is 44.7 Å². The number of hydrogen-bond acceptors (Lipinski definition) is 7. The fourth-order valence-electron chi connectivity index (χ4n) is 5.65. The van der Waals surface area contributed by atoms with Crippen LogP contribution in [0.4, 0.5) is 4.79 Å². The molecule has 210 valence electrons. The van der Waals surface area contributed by atoms with Crippen LogP contribution in [0.2, 0.25) is 0 Å². The molecule has 9 nitrogen and oxygen atoms in total. The Balaban J connectivity index is 1.52. The topological polar surface area (TPSA) is 102 Å². The Bertz CT molecular complexity index is 1610. The molecule has 6 rings (SSSR count). The van der Waals surface area contributed by atoms with Gasteiger partial charge in [0.1, 0.15) is 0 Å². The van der Waals surface area contributed by atoms with Crippen molar-refractivity contribution in [2.24, 2.45) is 0 Å². The predicted molar refractivity (Wildman–Crippen MR) is 158 cm³/mol. The number of carbonyl (C=O) groups is 1. The van der Waals surface area contributed by atoms with Crippen LogP contribution in [-0.2, 0) is 18.7 Å². The molecule has 1 saturated heterocycles. The summed E-state index contributed by atoms with van der Waals surface area (Å²) in [5.41, 5.74) is 0.562. The number of allylic oxidation sites excluding steroid dienone is 1. The van der Waals surface area contributed by atoms with Crippen LogP contribution in [0.15, 0.2) is 126 Å². The molecule has 0 spiro atoms. The second-order valence-electron chi connectivity index (χ2n) is 9.67. The fourth-order valence-corrected chi connectivity index (χ4v) is 13.1. The summed E-state index contributed by atoms with van der Waals surface area (Å²) in [6.07, 6.45) is 6.49. The number of amides is 2. The summed E-state index contributed by atoms with van der Waals surface area (Å²) >= 11 is 0. The first-order valence-electron chi connectivity index (χ1n) is 13.0. The average molecular weight is 590 g/mol. The van der Waals surface area contributed by atoms with E-state index in [1.165, 1.54) is 17.4 Å². The van der Waals surface area contributed by atoms with Crippen LogP contribution in [0, 0.1) is 0 Å². The summed E-state index contributed by atoms with van der Waals surface area (Å²) in [4.78, 5) is 19.0. The molecule has 11 heteroatoms. The van der Waals surface area contributed by atoms with Crippen LogP contribution >= 0.6 is 6.83 Å². The Labute approximate surface area is 238 Å². The predicted octanol–water partition coefficient (Wildman–Crippen LogP) is 4.35. The van der Waals surface area contributed by atoms with Gasteiger partial charge in [0.25, 0.3) is 0 Å². The van der Waals surface area contributed by atoms with E-state index in [0.717, 1.165) is 5.06 Å². The second kappa shape index (κ2) is 10.4. The number of hydroxylamine groups is 2. The number of fused-ring (bicyclic) bond motifs is 2. The van der Waals surface area contributed by atoms with Gasteiger partial charge in [-0.2, -0.15) is 0 Å². The van der Waals surface area contributed by atoms with Crippen molar-refractivity contribution in [3.05, 3.63) is 127 Å². The number of carbonyl (C=O) groups excluding carboxylic acids is 1. The van der Waals surface area contributed by atoms with Crippen LogP contribution in [-0.4, -0.2) is 48.5 Å². The Hall–Kier alpha value is -4.08. The van der Waals surface area contributed by atoms with E-state index in [1.807, 2.05) is 104 Å². The minimum atomic E-state index is -4.90. The third kappa shape index (κ3) is 4.40. The Morgan fingerprint density at radius 1 is 0.927 bits per heavy atom. The Morgan fingerprint density at radius 3 is 1.98 bits per heavy atom. The Kier molecular flexibility index (Phi) is 6.87. The number of oxazole rings is 1. The molecule has 2 bridgehead atoms. The maximum atomic E-state index is 14.2. The molecule has 0 radical (unpaired) electrons. The molecule has 1 atom stereocenters. The molecule has 0 N–H and O–H groups in total. The van der Waals surface area contributed by atoms with E-state index in [4.69, 9.17) is 12.7 Å². The number of urea groups is 1. The van der Waals surface area contributed by atoms with Crippen molar-refractivity contribution in [3.63, 3.8) is 0 Å². The molecule has 3 heterocycles. The van der Waals surface area contributed by atoms with Gasteiger partial charge < -0.3 is 0 Å². The van der Waals surface area contributed by atoms with Crippen molar-refractivity contribution in [1.82, 2.24) is 14.9 Å². The number of benzene rings is 3. The summed E-state index contributed by atoms with van der Waals surface area (Å²) in [6.45, 7) is -2.12. The third-order valence-electron chi connectivity index (χ3n) is 7.36. The molecule has 2 aliphatic rings. The average Bonchev–Trinajstić information content (AvgIpc) is 3.62. The molecule has 0 aliphatic carbocycles. The monoisotopic (exact) mass is 589 g/mol. The van der Waals surface area contributed by atoms with Gasteiger partial charge in [-0.15, -0.1) is 0 Å². The molecule has 2 aliphatic heterocycles. The quantitative estimate of drug-likeness (QED) is 0.268. The van der Waals surface area contributed by atoms with Crippen LogP contribution in [0.1, 0.15) is 12.8 Å². The molecular formula is C30H28N3O6PS. The molecule has 1 fully saturated rings. The zero-order valence-corrected chi connectivity index (χ0v) is 23.9. The molecule has 0 saturated carbocycles. The van der Waals surface area contributed by atoms with E-state index < -0.39 is 29.3 Å². The number of nitrogens with zero attached hydrogens (tertiary/aromatic N) is 3. The van der Waals surface area contributed by atoms with E-state index in [0.29, 0.717) is 27.4 Å².